The van der Waals surface area contributed by atoms with Crippen LogP contribution >= 0.6 is 15.9 Å². The first-order valence-electron chi connectivity index (χ1n) is 7.40. The van der Waals surface area contributed by atoms with Gasteiger partial charge in [0.2, 0.25) is 15.9 Å². The number of rotatable bonds is 6. The molecule has 1 aromatic carbocycles. The minimum atomic E-state index is -3.92. The maximum absolute atomic E-state index is 12.6. The standard InChI is InChI=1S/C16H19BrN4O3S/c1-11-3-5-12(6-4-11)8-19-15(22)10-21(2)25(23,24)14-7-13(17)9-20-16(14)18/h3-7,9H,8,10H2,1-2H3,(H2,18,20)(H,19,22). The lowest BCUT2D eigenvalue weighted by Gasteiger charge is -2.17. The molecule has 1 heterocycles. The highest BCUT2D eigenvalue weighted by Crippen LogP contribution is 2.23. The molecule has 25 heavy (non-hydrogen) atoms. The van der Waals surface area contributed by atoms with Crippen LogP contribution < -0.4 is 11.1 Å². The van der Waals surface area contributed by atoms with Crippen LogP contribution in [0.25, 0.3) is 0 Å². The predicted octanol–water partition coefficient (Wildman–Crippen LogP) is 1.67. The van der Waals surface area contributed by atoms with Crippen LogP contribution in [0.5, 0.6) is 0 Å². The van der Waals surface area contributed by atoms with Crippen molar-refractivity contribution in [3.8, 4) is 0 Å². The van der Waals surface area contributed by atoms with Crippen LogP contribution in [0.1, 0.15) is 11.1 Å². The highest BCUT2D eigenvalue weighted by molar-refractivity contribution is 9.10. The average Bonchev–Trinajstić information content (AvgIpc) is 2.56. The van der Waals surface area contributed by atoms with E-state index in [1.54, 1.807) is 0 Å². The molecule has 0 radical (unpaired) electrons. The first-order chi connectivity index (χ1) is 11.7. The number of nitrogens with zero attached hydrogens (tertiary/aromatic N) is 2. The Morgan fingerprint density at radius 2 is 1.96 bits per heavy atom. The molecule has 7 nitrogen and oxygen atoms in total. The fourth-order valence-corrected chi connectivity index (χ4v) is 3.75. The number of sulfonamides is 1. The molecule has 0 saturated carbocycles. The zero-order chi connectivity index (χ0) is 18.6. The first-order valence-corrected chi connectivity index (χ1v) is 9.63. The fourth-order valence-electron chi connectivity index (χ4n) is 2.06. The molecule has 0 bridgehead atoms. The monoisotopic (exact) mass is 426 g/mol. The van der Waals surface area contributed by atoms with E-state index in [4.69, 9.17) is 5.73 Å². The summed E-state index contributed by atoms with van der Waals surface area (Å²) in [5.74, 6) is -0.525. The summed E-state index contributed by atoms with van der Waals surface area (Å²) < 4.78 is 26.5. The van der Waals surface area contributed by atoms with Crippen LogP contribution in [0, 0.1) is 6.92 Å². The van der Waals surface area contributed by atoms with E-state index < -0.39 is 15.9 Å². The summed E-state index contributed by atoms with van der Waals surface area (Å²) in [6.07, 6.45) is 1.41. The molecule has 0 atom stereocenters. The van der Waals surface area contributed by atoms with Gasteiger partial charge >= 0.3 is 0 Å². The number of hydrogen-bond donors (Lipinski definition) is 2. The van der Waals surface area contributed by atoms with E-state index in [0.717, 1.165) is 15.4 Å². The van der Waals surface area contributed by atoms with Crippen LogP contribution in [0.3, 0.4) is 0 Å². The number of amides is 1. The van der Waals surface area contributed by atoms with Gasteiger partial charge in [0.05, 0.1) is 6.54 Å². The van der Waals surface area contributed by atoms with Crippen LogP contribution in [0.2, 0.25) is 0 Å². The van der Waals surface area contributed by atoms with Gasteiger partial charge in [-0.15, -0.1) is 0 Å². The first kappa shape index (κ1) is 19.4. The number of carbonyl (C=O) groups is 1. The molecule has 9 heteroatoms. The van der Waals surface area contributed by atoms with Crippen molar-refractivity contribution in [2.24, 2.45) is 0 Å². The van der Waals surface area contributed by atoms with Gasteiger partial charge < -0.3 is 11.1 Å². The molecule has 0 aliphatic heterocycles. The highest BCUT2D eigenvalue weighted by atomic mass is 79.9. The van der Waals surface area contributed by atoms with E-state index in [2.05, 4.69) is 26.2 Å². The van der Waals surface area contributed by atoms with Crippen LogP contribution in [0.4, 0.5) is 5.82 Å². The SMILES string of the molecule is Cc1ccc(CNC(=O)CN(C)S(=O)(=O)c2cc(Br)cnc2N)cc1. The summed E-state index contributed by atoms with van der Waals surface area (Å²) in [4.78, 5) is 15.7. The molecule has 1 amide bonds. The Morgan fingerprint density at radius 1 is 1.32 bits per heavy atom. The second kappa shape index (κ2) is 7.94. The molecule has 2 rings (SSSR count). The quantitative estimate of drug-likeness (QED) is 0.730. The van der Waals surface area contributed by atoms with Gasteiger partial charge in [0.1, 0.15) is 10.7 Å². The molecule has 3 N–H and O–H groups in total. The summed E-state index contributed by atoms with van der Waals surface area (Å²) in [6.45, 7) is 1.98. The van der Waals surface area contributed by atoms with Gasteiger partial charge in [0.25, 0.3) is 0 Å². The van der Waals surface area contributed by atoms with Crippen molar-refractivity contribution in [2.75, 3.05) is 19.3 Å². The fraction of sp³-hybridized carbons (Fsp3) is 0.250. The third kappa shape index (κ3) is 5.00. The number of aryl methyl sites for hydroxylation is 1. The normalized spacial score (nSPS) is 11.5. The van der Waals surface area contributed by atoms with Crippen molar-refractivity contribution in [1.82, 2.24) is 14.6 Å². The summed E-state index contributed by atoms with van der Waals surface area (Å²) in [5, 5.41) is 2.70. The number of aromatic nitrogens is 1. The number of halogens is 1. The largest absolute Gasteiger partial charge is 0.383 e. The van der Waals surface area contributed by atoms with Crippen molar-refractivity contribution >= 4 is 37.7 Å². The van der Waals surface area contributed by atoms with E-state index in [1.807, 2.05) is 31.2 Å². The van der Waals surface area contributed by atoms with E-state index in [9.17, 15) is 13.2 Å². The molecule has 0 fully saturated rings. The molecule has 134 valence electrons. The van der Waals surface area contributed by atoms with E-state index in [0.29, 0.717) is 11.0 Å². The smallest absolute Gasteiger partial charge is 0.246 e. The van der Waals surface area contributed by atoms with Gasteiger partial charge in [-0.05, 0) is 34.5 Å². The maximum Gasteiger partial charge on any atom is 0.246 e. The van der Waals surface area contributed by atoms with Crippen LogP contribution in [0.15, 0.2) is 45.9 Å². The zero-order valence-corrected chi connectivity index (χ0v) is 16.3. The van der Waals surface area contributed by atoms with E-state index >= 15 is 0 Å². The predicted molar refractivity (Wildman–Crippen MR) is 99.2 cm³/mol. The number of anilines is 1. The van der Waals surface area contributed by atoms with Gasteiger partial charge in [-0.2, -0.15) is 4.31 Å². The Labute approximate surface area is 155 Å². The van der Waals surface area contributed by atoms with Gasteiger partial charge in [-0.25, -0.2) is 13.4 Å². The number of likely N-dealkylation sites (N-methyl/N-ethyl adjacent to an activating group) is 1. The highest BCUT2D eigenvalue weighted by Gasteiger charge is 2.26. The molecular formula is C16H19BrN4O3S. The van der Waals surface area contributed by atoms with Gasteiger partial charge in [0.15, 0.2) is 0 Å². The maximum atomic E-state index is 12.6. The number of nitrogens with one attached hydrogen (secondary N) is 1. The molecule has 0 spiro atoms. The third-order valence-corrected chi connectivity index (χ3v) is 5.78. The lowest BCUT2D eigenvalue weighted by Crippen LogP contribution is -2.38. The number of carbonyl (C=O) groups excluding carboxylic acids is 1. The molecule has 0 unspecified atom stereocenters. The zero-order valence-electron chi connectivity index (χ0n) is 13.9. The summed E-state index contributed by atoms with van der Waals surface area (Å²) in [6, 6.07) is 9.06. The molecule has 0 aliphatic rings. The van der Waals surface area contributed by atoms with Crippen molar-refractivity contribution in [3.63, 3.8) is 0 Å². The Bertz CT molecular complexity index is 869. The van der Waals surface area contributed by atoms with E-state index in [-0.39, 0.29) is 17.3 Å². The number of nitrogen functional groups attached to an aromatic ring is 1. The second-order valence-corrected chi connectivity index (χ2v) is 8.49. The van der Waals surface area contributed by atoms with Crippen molar-refractivity contribution in [3.05, 3.63) is 52.1 Å². The van der Waals surface area contributed by atoms with E-state index in [1.165, 1.54) is 19.3 Å². The average molecular weight is 427 g/mol. The van der Waals surface area contributed by atoms with Crippen LogP contribution in [-0.4, -0.2) is 37.2 Å². The minimum absolute atomic E-state index is 0.116. The van der Waals surface area contributed by atoms with Gasteiger partial charge in [-0.1, -0.05) is 29.8 Å². The van der Waals surface area contributed by atoms with Crippen molar-refractivity contribution in [2.45, 2.75) is 18.4 Å². The summed E-state index contributed by atoms with van der Waals surface area (Å²) >= 11 is 3.16. The topological polar surface area (TPSA) is 105 Å². The minimum Gasteiger partial charge on any atom is -0.383 e. The Balaban J connectivity index is 2.02. The number of hydrogen-bond acceptors (Lipinski definition) is 5. The Hall–Kier alpha value is -1.97. The molecule has 1 aromatic heterocycles. The Morgan fingerprint density at radius 3 is 2.60 bits per heavy atom. The van der Waals surface area contributed by atoms with Gasteiger partial charge in [0, 0.05) is 24.3 Å². The summed E-state index contributed by atoms with van der Waals surface area (Å²) in [7, 11) is -2.60. The molecule has 0 saturated heterocycles. The van der Waals surface area contributed by atoms with Gasteiger partial charge in [-0.3, -0.25) is 4.79 Å². The molecule has 0 aliphatic carbocycles. The second-order valence-electron chi connectivity index (χ2n) is 5.56. The summed E-state index contributed by atoms with van der Waals surface area (Å²) in [5.41, 5.74) is 7.71. The lowest BCUT2D eigenvalue weighted by atomic mass is 10.1. The van der Waals surface area contributed by atoms with Crippen molar-refractivity contribution in [1.29, 1.82) is 0 Å². The lowest BCUT2D eigenvalue weighted by molar-refractivity contribution is -0.121. The third-order valence-electron chi connectivity index (χ3n) is 3.51. The Kier molecular flexibility index (Phi) is 6.15. The number of pyridine rings is 1. The number of benzene rings is 1. The molecular weight excluding hydrogens is 408 g/mol. The van der Waals surface area contributed by atoms with Crippen molar-refractivity contribution < 1.29 is 13.2 Å². The van der Waals surface area contributed by atoms with Crippen LogP contribution in [-0.2, 0) is 21.4 Å². The number of nitrogens with two attached hydrogens (primary N) is 1. The molecule has 2 aromatic rings.